The van der Waals surface area contributed by atoms with Crippen molar-refractivity contribution in [3.8, 4) is 0 Å². The smallest absolute Gasteiger partial charge is 0.325 e. The van der Waals surface area contributed by atoms with Crippen LogP contribution in [0, 0.1) is 6.92 Å². The zero-order valence-corrected chi connectivity index (χ0v) is 14.8. The quantitative estimate of drug-likeness (QED) is 0.617. The second-order valence-corrected chi connectivity index (χ2v) is 6.15. The van der Waals surface area contributed by atoms with Crippen molar-refractivity contribution in [2.24, 2.45) is 0 Å². The Labute approximate surface area is 143 Å². The van der Waals surface area contributed by atoms with E-state index in [2.05, 4.69) is 26.2 Å². The molecule has 1 amide bonds. The number of aromatic nitrogens is 1. The molecule has 0 saturated heterocycles. The van der Waals surface area contributed by atoms with E-state index in [0.717, 1.165) is 33.9 Å². The van der Waals surface area contributed by atoms with Gasteiger partial charge in [0.2, 0.25) is 0 Å². The number of hydrogen-bond acceptors (Lipinski definition) is 4. The molecule has 0 saturated carbocycles. The normalized spacial score (nSPS) is 10.6. The number of carbonyl (C=O) groups is 2. The minimum absolute atomic E-state index is 0.139. The number of pyridine rings is 1. The van der Waals surface area contributed by atoms with Crippen LogP contribution in [0.1, 0.15) is 35.8 Å². The summed E-state index contributed by atoms with van der Waals surface area (Å²) in [5.41, 5.74) is 1.98. The van der Waals surface area contributed by atoms with Crippen molar-refractivity contribution in [2.45, 2.75) is 26.7 Å². The third-order valence-electron chi connectivity index (χ3n) is 3.30. The zero-order chi connectivity index (χ0) is 16.8. The van der Waals surface area contributed by atoms with Crippen LogP contribution in [0.2, 0.25) is 0 Å². The molecule has 1 aromatic carbocycles. The average Bonchev–Trinajstić information content (AvgIpc) is 2.52. The van der Waals surface area contributed by atoms with Gasteiger partial charge < -0.3 is 10.1 Å². The maximum absolute atomic E-state index is 12.4. The topological polar surface area (TPSA) is 68.3 Å². The van der Waals surface area contributed by atoms with Gasteiger partial charge in [-0.05, 0) is 37.6 Å². The summed E-state index contributed by atoms with van der Waals surface area (Å²) in [5, 5.41) is 3.35. The monoisotopic (exact) mass is 378 g/mol. The Hall–Kier alpha value is -1.95. The molecule has 0 aliphatic heterocycles. The first kappa shape index (κ1) is 17.4. The highest BCUT2D eigenvalue weighted by Gasteiger charge is 2.14. The number of nitrogens with one attached hydrogen (secondary N) is 1. The predicted molar refractivity (Wildman–Crippen MR) is 92.4 cm³/mol. The highest BCUT2D eigenvalue weighted by atomic mass is 79.9. The number of hydrogen-bond donors (Lipinski definition) is 1. The van der Waals surface area contributed by atoms with Crippen LogP contribution in [-0.2, 0) is 9.53 Å². The SMILES string of the molecule is CCCCOC(=O)CNC(=O)c1cc(C)nc2ccc(Br)cc12. The second kappa shape index (κ2) is 8.06. The molecule has 0 atom stereocenters. The number of fused-ring (bicyclic) bond motifs is 1. The highest BCUT2D eigenvalue weighted by Crippen LogP contribution is 2.22. The van der Waals surface area contributed by atoms with Gasteiger partial charge in [0.05, 0.1) is 17.7 Å². The van der Waals surface area contributed by atoms with Crippen LogP contribution in [0.3, 0.4) is 0 Å². The summed E-state index contributed by atoms with van der Waals surface area (Å²) in [6.45, 7) is 4.09. The molecule has 6 heteroatoms. The van der Waals surface area contributed by atoms with Crippen molar-refractivity contribution in [1.29, 1.82) is 0 Å². The Bertz CT molecular complexity index is 731. The van der Waals surface area contributed by atoms with E-state index in [-0.39, 0.29) is 12.5 Å². The van der Waals surface area contributed by atoms with Crippen molar-refractivity contribution in [3.63, 3.8) is 0 Å². The van der Waals surface area contributed by atoms with Gasteiger partial charge in [-0.2, -0.15) is 0 Å². The van der Waals surface area contributed by atoms with Crippen molar-refractivity contribution in [3.05, 3.63) is 40.0 Å². The Morgan fingerprint density at radius 3 is 2.83 bits per heavy atom. The number of esters is 1. The molecule has 1 N–H and O–H groups in total. The molecule has 0 bridgehead atoms. The van der Waals surface area contributed by atoms with Crippen molar-refractivity contribution < 1.29 is 14.3 Å². The number of amides is 1. The summed E-state index contributed by atoms with van der Waals surface area (Å²) in [7, 11) is 0. The Balaban J connectivity index is 2.11. The fourth-order valence-electron chi connectivity index (χ4n) is 2.15. The molecule has 0 fully saturated rings. The van der Waals surface area contributed by atoms with E-state index in [9.17, 15) is 9.59 Å². The van der Waals surface area contributed by atoms with E-state index >= 15 is 0 Å². The number of unbranched alkanes of at least 4 members (excludes halogenated alkanes) is 1. The summed E-state index contributed by atoms with van der Waals surface area (Å²) in [5.74, 6) is -0.742. The number of rotatable bonds is 6. The number of aryl methyl sites for hydroxylation is 1. The van der Waals surface area contributed by atoms with Gasteiger partial charge in [0, 0.05) is 15.6 Å². The molecule has 0 spiro atoms. The summed E-state index contributed by atoms with van der Waals surface area (Å²) >= 11 is 3.40. The molecule has 0 aliphatic carbocycles. The average molecular weight is 379 g/mol. The fourth-order valence-corrected chi connectivity index (χ4v) is 2.51. The number of carbonyl (C=O) groups excluding carboxylic acids is 2. The third kappa shape index (κ3) is 4.76. The maximum Gasteiger partial charge on any atom is 0.325 e. The van der Waals surface area contributed by atoms with Gasteiger partial charge in [-0.25, -0.2) is 0 Å². The van der Waals surface area contributed by atoms with Crippen LogP contribution >= 0.6 is 15.9 Å². The van der Waals surface area contributed by atoms with Crippen molar-refractivity contribution in [2.75, 3.05) is 13.2 Å². The molecule has 2 rings (SSSR count). The first-order valence-corrected chi connectivity index (χ1v) is 8.31. The summed E-state index contributed by atoms with van der Waals surface area (Å²) in [4.78, 5) is 28.4. The first-order valence-electron chi connectivity index (χ1n) is 7.52. The molecule has 0 radical (unpaired) electrons. The van der Waals surface area contributed by atoms with Gasteiger partial charge in [-0.3, -0.25) is 14.6 Å². The predicted octanol–water partition coefficient (Wildman–Crippen LogP) is 3.38. The highest BCUT2D eigenvalue weighted by molar-refractivity contribution is 9.10. The van der Waals surface area contributed by atoms with E-state index in [0.29, 0.717) is 12.2 Å². The largest absolute Gasteiger partial charge is 0.464 e. The van der Waals surface area contributed by atoms with Crippen LogP contribution in [-0.4, -0.2) is 30.0 Å². The van der Waals surface area contributed by atoms with E-state index < -0.39 is 5.97 Å². The number of halogens is 1. The van der Waals surface area contributed by atoms with Crippen molar-refractivity contribution >= 4 is 38.7 Å². The lowest BCUT2D eigenvalue weighted by molar-refractivity contribution is -0.142. The van der Waals surface area contributed by atoms with Crippen LogP contribution in [0.25, 0.3) is 10.9 Å². The molecule has 0 aliphatic rings. The number of nitrogens with zero attached hydrogens (tertiary/aromatic N) is 1. The Kier molecular flexibility index (Phi) is 6.10. The molecule has 2 aromatic rings. The molecule has 1 aromatic heterocycles. The van der Waals surface area contributed by atoms with Gasteiger partial charge in [-0.15, -0.1) is 0 Å². The zero-order valence-electron chi connectivity index (χ0n) is 13.2. The lowest BCUT2D eigenvalue weighted by atomic mass is 10.1. The van der Waals surface area contributed by atoms with Gasteiger partial charge >= 0.3 is 5.97 Å². The minimum Gasteiger partial charge on any atom is -0.464 e. The number of ether oxygens (including phenoxy) is 1. The van der Waals surface area contributed by atoms with Crippen LogP contribution in [0.4, 0.5) is 0 Å². The maximum atomic E-state index is 12.4. The molecule has 122 valence electrons. The molecule has 0 unspecified atom stereocenters. The standard InChI is InChI=1S/C17H19BrN2O3/c1-3-4-7-23-16(21)10-19-17(22)14-8-11(2)20-15-6-5-12(18)9-13(14)15/h5-6,8-9H,3-4,7,10H2,1-2H3,(H,19,22). The van der Waals surface area contributed by atoms with E-state index in [1.807, 2.05) is 32.0 Å². The summed E-state index contributed by atoms with van der Waals surface area (Å²) in [6, 6.07) is 7.28. The van der Waals surface area contributed by atoms with Crippen LogP contribution < -0.4 is 5.32 Å². The molecular formula is C17H19BrN2O3. The summed E-state index contributed by atoms with van der Waals surface area (Å²) in [6.07, 6.45) is 1.78. The van der Waals surface area contributed by atoms with Gasteiger partial charge in [0.15, 0.2) is 0 Å². The Morgan fingerprint density at radius 2 is 2.09 bits per heavy atom. The van der Waals surface area contributed by atoms with E-state index in [1.54, 1.807) is 6.07 Å². The molecule has 5 nitrogen and oxygen atoms in total. The molecular weight excluding hydrogens is 360 g/mol. The second-order valence-electron chi connectivity index (χ2n) is 5.23. The van der Waals surface area contributed by atoms with Gasteiger partial charge in [-0.1, -0.05) is 29.3 Å². The minimum atomic E-state index is -0.428. The Morgan fingerprint density at radius 1 is 1.30 bits per heavy atom. The molecule has 1 heterocycles. The first-order chi connectivity index (χ1) is 11.0. The lowest BCUT2D eigenvalue weighted by Crippen LogP contribution is -2.31. The fraction of sp³-hybridized carbons (Fsp3) is 0.353. The van der Waals surface area contributed by atoms with Gasteiger partial charge in [0.25, 0.3) is 5.91 Å². The van der Waals surface area contributed by atoms with Gasteiger partial charge in [0.1, 0.15) is 6.54 Å². The summed E-state index contributed by atoms with van der Waals surface area (Å²) < 4.78 is 5.89. The lowest BCUT2D eigenvalue weighted by Gasteiger charge is -2.09. The van der Waals surface area contributed by atoms with Crippen LogP contribution in [0.15, 0.2) is 28.7 Å². The molecule has 23 heavy (non-hydrogen) atoms. The van der Waals surface area contributed by atoms with E-state index in [4.69, 9.17) is 4.74 Å². The number of benzene rings is 1. The van der Waals surface area contributed by atoms with Crippen molar-refractivity contribution in [1.82, 2.24) is 10.3 Å². The third-order valence-corrected chi connectivity index (χ3v) is 3.79. The van der Waals surface area contributed by atoms with Crippen LogP contribution in [0.5, 0.6) is 0 Å². The van der Waals surface area contributed by atoms with E-state index in [1.165, 1.54) is 0 Å².